The summed E-state index contributed by atoms with van der Waals surface area (Å²) in [5, 5.41) is 3.04. The summed E-state index contributed by atoms with van der Waals surface area (Å²) in [6, 6.07) is 11.4. The normalized spacial score (nSPS) is 10.1. The van der Waals surface area contributed by atoms with E-state index >= 15 is 0 Å². The molecule has 0 aliphatic heterocycles. The van der Waals surface area contributed by atoms with Gasteiger partial charge in [-0.25, -0.2) is 0 Å². The SMILES string of the molecule is CNc1ccc(C(=O)N(C)CCc2cccnc2)cc1. The van der Waals surface area contributed by atoms with Gasteiger partial charge in [0.1, 0.15) is 0 Å². The Morgan fingerprint density at radius 3 is 2.60 bits per heavy atom. The Morgan fingerprint density at radius 2 is 2.00 bits per heavy atom. The highest BCUT2D eigenvalue weighted by Crippen LogP contribution is 2.10. The number of carbonyl (C=O) groups excluding carboxylic acids is 1. The largest absolute Gasteiger partial charge is 0.388 e. The van der Waals surface area contributed by atoms with Crippen LogP contribution in [-0.4, -0.2) is 36.4 Å². The fourth-order valence-electron chi connectivity index (χ4n) is 1.94. The lowest BCUT2D eigenvalue weighted by Gasteiger charge is -2.17. The zero-order chi connectivity index (χ0) is 14.4. The first-order valence-electron chi connectivity index (χ1n) is 6.63. The molecule has 4 heteroatoms. The highest BCUT2D eigenvalue weighted by atomic mass is 16.2. The van der Waals surface area contributed by atoms with Gasteiger partial charge in [-0.1, -0.05) is 6.07 Å². The second-order valence-electron chi connectivity index (χ2n) is 4.67. The first kappa shape index (κ1) is 14.1. The molecule has 2 aromatic rings. The minimum Gasteiger partial charge on any atom is -0.388 e. The molecule has 0 saturated heterocycles. The van der Waals surface area contributed by atoms with Crippen LogP contribution in [0.4, 0.5) is 5.69 Å². The van der Waals surface area contributed by atoms with Gasteiger partial charge in [-0.15, -0.1) is 0 Å². The number of nitrogens with zero attached hydrogens (tertiary/aromatic N) is 2. The predicted octanol–water partition coefficient (Wildman–Crippen LogP) is 2.44. The molecule has 0 aliphatic rings. The monoisotopic (exact) mass is 269 g/mol. The Labute approximate surface area is 119 Å². The van der Waals surface area contributed by atoms with Crippen LogP contribution in [0.25, 0.3) is 0 Å². The van der Waals surface area contributed by atoms with Gasteiger partial charge in [0.15, 0.2) is 0 Å². The highest BCUT2D eigenvalue weighted by molar-refractivity contribution is 5.94. The number of hydrogen-bond acceptors (Lipinski definition) is 3. The third-order valence-corrected chi connectivity index (χ3v) is 3.23. The van der Waals surface area contributed by atoms with Crippen molar-refractivity contribution in [3.63, 3.8) is 0 Å². The first-order valence-corrected chi connectivity index (χ1v) is 6.63. The minimum absolute atomic E-state index is 0.0385. The summed E-state index contributed by atoms with van der Waals surface area (Å²) in [7, 11) is 3.68. The van der Waals surface area contributed by atoms with Crippen molar-refractivity contribution in [1.82, 2.24) is 9.88 Å². The quantitative estimate of drug-likeness (QED) is 0.906. The fraction of sp³-hybridized carbons (Fsp3) is 0.250. The molecule has 1 aromatic heterocycles. The standard InChI is InChI=1S/C16H19N3O/c1-17-15-7-5-14(6-8-15)16(20)19(2)11-9-13-4-3-10-18-12-13/h3-8,10,12,17H,9,11H2,1-2H3. The van der Waals surface area contributed by atoms with E-state index < -0.39 is 0 Å². The Hall–Kier alpha value is -2.36. The van der Waals surface area contributed by atoms with Gasteiger partial charge in [-0.05, 0) is 42.3 Å². The average molecular weight is 269 g/mol. The lowest BCUT2D eigenvalue weighted by molar-refractivity contribution is 0.0796. The molecule has 20 heavy (non-hydrogen) atoms. The summed E-state index contributed by atoms with van der Waals surface area (Å²) < 4.78 is 0. The van der Waals surface area contributed by atoms with Gasteiger partial charge in [0, 0.05) is 44.3 Å². The van der Waals surface area contributed by atoms with E-state index in [4.69, 9.17) is 0 Å². The maximum absolute atomic E-state index is 12.3. The van der Waals surface area contributed by atoms with E-state index in [0.717, 1.165) is 17.7 Å². The average Bonchev–Trinajstić information content (AvgIpc) is 2.53. The summed E-state index contributed by atoms with van der Waals surface area (Å²) in [5.41, 5.74) is 2.84. The molecule has 2 rings (SSSR count). The number of nitrogens with one attached hydrogen (secondary N) is 1. The van der Waals surface area contributed by atoms with E-state index in [0.29, 0.717) is 12.1 Å². The molecule has 1 aromatic carbocycles. The number of benzene rings is 1. The summed E-state index contributed by atoms with van der Waals surface area (Å²) in [6.07, 6.45) is 4.40. The van der Waals surface area contributed by atoms with Crippen LogP contribution in [0.2, 0.25) is 0 Å². The van der Waals surface area contributed by atoms with E-state index in [1.165, 1.54) is 0 Å². The molecular formula is C16H19N3O. The van der Waals surface area contributed by atoms with Crippen LogP contribution in [-0.2, 0) is 6.42 Å². The van der Waals surface area contributed by atoms with E-state index in [2.05, 4.69) is 10.3 Å². The van der Waals surface area contributed by atoms with Crippen molar-refractivity contribution in [3.05, 3.63) is 59.9 Å². The molecule has 4 nitrogen and oxygen atoms in total. The van der Waals surface area contributed by atoms with Crippen LogP contribution in [0.5, 0.6) is 0 Å². The summed E-state index contributed by atoms with van der Waals surface area (Å²) >= 11 is 0. The zero-order valence-corrected chi connectivity index (χ0v) is 11.8. The van der Waals surface area contributed by atoms with Gasteiger partial charge >= 0.3 is 0 Å². The third-order valence-electron chi connectivity index (χ3n) is 3.23. The van der Waals surface area contributed by atoms with Crippen LogP contribution in [0, 0.1) is 0 Å². The molecule has 0 atom stereocenters. The van der Waals surface area contributed by atoms with Crippen LogP contribution < -0.4 is 5.32 Å². The number of pyridine rings is 1. The number of anilines is 1. The number of likely N-dealkylation sites (N-methyl/N-ethyl adjacent to an activating group) is 1. The summed E-state index contributed by atoms with van der Waals surface area (Å²) in [6.45, 7) is 0.679. The summed E-state index contributed by atoms with van der Waals surface area (Å²) in [4.78, 5) is 18.1. The van der Waals surface area contributed by atoms with Crippen molar-refractivity contribution in [2.45, 2.75) is 6.42 Å². The molecule has 0 unspecified atom stereocenters. The Bertz CT molecular complexity index is 552. The maximum atomic E-state index is 12.3. The van der Waals surface area contributed by atoms with Gasteiger partial charge < -0.3 is 10.2 Å². The lowest BCUT2D eigenvalue weighted by Crippen LogP contribution is -2.28. The van der Waals surface area contributed by atoms with E-state index in [9.17, 15) is 4.79 Å². The molecule has 0 radical (unpaired) electrons. The third kappa shape index (κ3) is 3.57. The van der Waals surface area contributed by atoms with E-state index in [1.54, 1.807) is 11.1 Å². The van der Waals surface area contributed by atoms with Gasteiger partial charge in [0.05, 0.1) is 0 Å². The number of aromatic nitrogens is 1. The van der Waals surface area contributed by atoms with Crippen molar-refractivity contribution in [2.75, 3.05) is 26.0 Å². The van der Waals surface area contributed by atoms with Crippen molar-refractivity contribution < 1.29 is 4.79 Å². The van der Waals surface area contributed by atoms with Gasteiger partial charge in [-0.3, -0.25) is 9.78 Å². The van der Waals surface area contributed by atoms with Crippen molar-refractivity contribution in [2.24, 2.45) is 0 Å². The molecule has 0 saturated carbocycles. The van der Waals surface area contributed by atoms with Crippen LogP contribution in [0.3, 0.4) is 0 Å². The molecule has 1 amide bonds. The predicted molar refractivity (Wildman–Crippen MR) is 80.9 cm³/mol. The Balaban J connectivity index is 1.94. The number of amides is 1. The molecule has 1 N–H and O–H groups in total. The van der Waals surface area contributed by atoms with Crippen LogP contribution in [0.15, 0.2) is 48.8 Å². The Kier molecular flexibility index (Phi) is 4.71. The highest BCUT2D eigenvalue weighted by Gasteiger charge is 2.11. The molecule has 0 bridgehead atoms. The van der Waals surface area contributed by atoms with Gasteiger partial charge in [0.25, 0.3) is 5.91 Å². The number of rotatable bonds is 5. The van der Waals surface area contributed by atoms with Gasteiger partial charge in [-0.2, -0.15) is 0 Å². The fourth-order valence-corrected chi connectivity index (χ4v) is 1.94. The van der Waals surface area contributed by atoms with Crippen molar-refractivity contribution in [3.8, 4) is 0 Å². The Morgan fingerprint density at radius 1 is 1.25 bits per heavy atom. The molecule has 104 valence electrons. The van der Waals surface area contributed by atoms with Crippen LogP contribution >= 0.6 is 0 Å². The maximum Gasteiger partial charge on any atom is 0.253 e. The lowest BCUT2D eigenvalue weighted by atomic mass is 10.1. The van der Waals surface area contributed by atoms with E-state index in [1.807, 2.05) is 56.7 Å². The second kappa shape index (κ2) is 6.70. The van der Waals surface area contributed by atoms with Gasteiger partial charge in [0.2, 0.25) is 0 Å². The molecule has 0 fully saturated rings. The van der Waals surface area contributed by atoms with Crippen molar-refractivity contribution >= 4 is 11.6 Å². The van der Waals surface area contributed by atoms with Crippen molar-refractivity contribution in [1.29, 1.82) is 0 Å². The smallest absolute Gasteiger partial charge is 0.253 e. The first-order chi connectivity index (χ1) is 9.70. The molecule has 0 spiro atoms. The van der Waals surface area contributed by atoms with E-state index in [-0.39, 0.29) is 5.91 Å². The summed E-state index contributed by atoms with van der Waals surface area (Å²) in [5.74, 6) is 0.0385. The second-order valence-corrected chi connectivity index (χ2v) is 4.67. The van der Waals surface area contributed by atoms with Crippen LogP contribution in [0.1, 0.15) is 15.9 Å². The zero-order valence-electron chi connectivity index (χ0n) is 11.8. The molecular weight excluding hydrogens is 250 g/mol. The number of hydrogen-bond donors (Lipinski definition) is 1. The number of carbonyl (C=O) groups is 1. The molecule has 1 heterocycles. The minimum atomic E-state index is 0.0385. The topological polar surface area (TPSA) is 45.2 Å². The molecule has 0 aliphatic carbocycles.